The third-order valence-electron chi connectivity index (χ3n) is 3.15. The lowest BCUT2D eigenvalue weighted by Crippen LogP contribution is -2.26. The van der Waals surface area contributed by atoms with E-state index >= 15 is 0 Å². The van der Waals surface area contributed by atoms with Crippen molar-refractivity contribution < 1.29 is 22.7 Å². The van der Waals surface area contributed by atoms with Crippen LogP contribution >= 0.6 is 0 Å². The SMILES string of the molecule is CC(C)(C)N.Cc1cc(C(=O)NC(C)c2ccc(OCC(F)(F)F)nc2)ccn1. The van der Waals surface area contributed by atoms with Gasteiger partial charge in [0.1, 0.15) is 0 Å². The fraction of sp³-hybridized carbons (Fsp3) is 0.450. The Labute approximate surface area is 168 Å². The van der Waals surface area contributed by atoms with Crippen molar-refractivity contribution in [3.63, 3.8) is 0 Å². The Kier molecular flexibility index (Phi) is 8.57. The molecule has 0 bridgehead atoms. The lowest BCUT2D eigenvalue weighted by atomic mass is 10.1. The summed E-state index contributed by atoms with van der Waals surface area (Å²) in [6.45, 7) is 8.03. The molecule has 0 aliphatic carbocycles. The largest absolute Gasteiger partial charge is 0.468 e. The molecule has 29 heavy (non-hydrogen) atoms. The molecule has 2 rings (SSSR count). The number of hydrogen-bond acceptors (Lipinski definition) is 5. The van der Waals surface area contributed by atoms with E-state index in [4.69, 9.17) is 5.73 Å². The summed E-state index contributed by atoms with van der Waals surface area (Å²) in [5.74, 6) is -0.398. The van der Waals surface area contributed by atoms with E-state index in [9.17, 15) is 18.0 Å². The minimum absolute atomic E-state index is 0. The topological polar surface area (TPSA) is 90.1 Å². The Balaban J connectivity index is 0.000000749. The Morgan fingerprint density at radius 2 is 1.83 bits per heavy atom. The zero-order chi connectivity index (χ0) is 22.2. The second kappa shape index (κ2) is 10.2. The van der Waals surface area contributed by atoms with Gasteiger partial charge in [-0.1, -0.05) is 6.07 Å². The average molecular weight is 412 g/mol. The van der Waals surface area contributed by atoms with Crippen molar-refractivity contribution in [1.29, 1.82) is 0 Å². The van der Waals surface area contributed by atoms with Crippen LogP contribution in [0.15, 0.2) is 36.7 Å². The first-order chi connectivity index (χ1) is 13.2. The van der Waals surface area contributed by atoms with Gasteiger partial charge in [0.15, 0.2) is 6.61 Å². The maximum Gasteiger partial charge on any atom is 0.422 e. The minimum atomic E-state index is -4.41. The van der Waals surface area contributed by atoms with Crippen molar-refractivity contribution in [2.75, 3.05) is 6.61 Å². The van der Waals surface area contributed by atoms with Crippen molar-refractivity contribution >= 4 is 5.91 Å². The van der Waals surface area contributed by atoms with E-state index in [1.807, 2.05) is 20.8 Å². The number of aromatic nitrogens is 2. The maximum atomic E-state index is 12.2. The molecule has 0 saturated carbocycles. The van der Waals surface area contributed by atoms with Crippen LogP contribution in [0, 0.1) is 6.92 Å². The van der Waals surface area contributed by atoms with Crippen LogP contribution in [0.3, 0.4) is 0 Å². The molecule has 0 spiro atoms. The fourth-order valence-corrected chi connectivity index (χ4v) is 1.94. The van der Waals surface area contributed by atoms with Gasteiger partial charge in [-0.25, -0.2) is 4.98 Å². The molecule has 2 heterocycles. The Morgan fingerprint density at radius 1 is 1.21 bits per heavy atom. The lowest BCUT2D eigenvalue weighted by Gasteiger charge is -2.15. The number of rotatable bonds is 5. The number of aryl methyl sites for hydroxylation is 1. The van der Waals surface area contributed by atoms with Crippen molar-refractivity contribution in [2.24, 2.45) is 5.73 Å². The first-order valence-electron chi connectivity index (χ1n) is 8.92. The molecule has 1 atom stereocenters. The first-order valence-corrected chi connectivity index (χ1v) is 8.92. The van der Waals surface area contributed by atoms with Crippen molar-refractivity contribution in [3.05, 3.63) is 53.5 Å². The quantitative estimate of drug-likeness (QED) is 0.776. The van der Waals surface area contributed by atoms with Gasteiger partial charge in [-0.2, -0.15) is 13.2 Å². The summed E-state index contributed by atoms with van der Waals surface area (Å²) in [6, 6.07) is 5.78. The lowest BCUT2D eigenvalue weighted by molar-refractivity contribution is -0.154. The highest BCUT2D eigenvalue weighted by molar-refractivity contribution is 5.94. The summed E-state index contributed by atoms with van der Waals surface area (Å²) in [7, 11) is 0. The molecular formula is C20H27F3N4O2. The van der Waals surface area contributed by atoms with Crippen LogP contribution in [0.25, 0.3) is 0 Å². The van der Waals surface area contributed by atoms with Gasteiger partial charge in [0.25, 0.3) is 5.91 Å². The molecule has 3 N–H and O–H groups in total. The molecule has 1 unspecified atom stereocenters. The number of carbonyl (C=O) groups excluding carboxylic acids is 1. The van der Waals surface area contributed by atoms with Gasteiger partial charge >= 0.3 is 6.18 Å². The number of nitrogens with one attached hydrogen (secondary N) is 1. The second-order valence-electron chi connectivity index (χ2n) is 7.58. The van der Waals surface area contributed by atoms with Gasteiger partial charge in [0.05, 0.1) is 6.04 Å². The standard InChI is InChI=1S/C16H16F3N3O2.C4H11N/c1-10-7-12(5-6-20-10)15(23)22-11(2)13-3-4-14(21-8-13)24-9-16(17,18)19;1-4(2,3)5/h3-8,11H,9H2,1-2H3,(H,22,23);5H2,1-3H3. The summed E-state index contributed by atoms with van der Waals surface area (Å²) >= 11 is 0. The van der Waals surface area contributed by atoms with Gasteiger partial charge in [0.2, 0.25) is 5.88 Å². The van der Waals surface area contributed by atoms with Crippen LogP contribution in [0.5, 0.6) is 5.88 Å². The van der Waals surface area contributed by atoms with Crippen LogP contribution in [0.1, 0.15) is 55.4 Å². The van der Waals surface area contributed by atoms with Crippen LogP contribution in [-0.4, -0.2) is 34.2 Å². The normalized spacial score (nSPS) is 12.4. The molecule has 1 amide bonds. The van der Waals surface area contributed by atoms with Crippen LogP contribution in [0.2, 0.25) is 0 Å². The zero-order valence-electron chi connectivity index (χ0n) is 17.2. The third kappa shape index (κ3) is 11.0. The number of pyridine rings is 2. The van der Waals surface area contributed by atoms with Crippen molar-refractivity contribution in [3.8, 4) is 5.88 Å². The Morgan fingerprint density at radius 3 is 2.31 bits per heavy atom. The number of alkyl halides is 3. The van der Waals surface area contributed by atoms with E-state index in [1.165, 1.54) is 12.3 Å². The Hall–Kier alpha value is -2.68. The molecule has 9 heteroatoms. The first kappa shape index (κ1) is 24.4. The zero-order valence-corrected chi connectivity index (χ0v) is 17.2. The van der Waals surface area contributed by atoms with Crippen LogP contribution < -0.4 is 15.8 Å². The monoisotopic (exact) mass is 412 g/mol. The molecular weight excluding hydrogens is 385 g/mol. The van der Waals surface area contributed by atoms with E-state index in [2.05, 4.69) is 20.0 Å². The fourth-order valence-electron chi connectivity index (χ4n) is 1.94. The maximum absolute atomic E-state index is 12.2. The highest BCUT2D eigenvalue weighted by Crippen LogP contribution is 2.19. The summed E-state index contributed by atoms with van der Waals surface area (Å²) in [4.78, 5) is 20.0. The average Bonchev–Trinajstić information content (AvgIpc) is 2.58. The van der Waals surface area contributed by atoms with Crippen molar-refractivity contribution in [2.45, 2.75) is 52.4 Å². The summed E-state index contributed by atoms with van der Waals surface area (Å²) in [5, 5.41) is 2.79. The van der Waals surface area contributed by atoms with Gasteiger partial charge < -0.3 is 15.8 Å². The molecule has 160 valence electrons. The van der Waals surface area contributed by atoms with E-state index in [0.717, 1.165) is 5.69 Å². The number of halogens is 3. The number of nitrogens with zero attached hydrogens (tertiary/aromatic N) is 2. The highest BCUT2D eigenvalue weighted by atomic mass is 19.4. The summed E-state index contributed by atoms with van der Waals surface area (Å²) < 4.78 is 40.8. The van der Waals surface area contributed by atoms with E-state index in [1.54, 1.807) is 38.2 Å². The van der Waals surface area contributed by atoms with Gasteiger partial charge in [-0.15, -0.1) is 0 Å². The molecule has 0 fully saturated rings. The number of nitrogens with two attached hydrogens (primary N) is 1. The number of amides is 1. The predicted molar refractivity (Wildman–Crippen MR) is 105 cm³/mol. The Bertz CT molecular complexity index is 782. The summed E-state index contributed by atoms with van der Waals surface area (Å²) in [5.41, 5.74) is 7.21. The van der Waals surface area contributed by atoms with Gasteiger partial charge in [0, 0.05) is 35.3 Å². The molecule has 0 aliphatic rings. The molecule has 0 aliphatic heterocycles. The third-order valence-corrected chi connectivity index (χ3v) is 3.15. The smallest absolute Gasteiger partial charge is 0.422 e. The number of carbonyl (C=O) groups is 1. The van der Waals surface area contributed by atoms with Gasteiger partial charge in [-0.05, 0) is 52.3 Å². The summed E-state index contributed by atoms with van der Waals surface area (Å²) in [6.07, 6.45) is -1.50. The molecule has 6 nitrogen and oxygen atoms in total. The molecule has 0 radical (unpaired) electrons. The van der Waals surface area contributed by atoms with Crippen LogP contribution in [-0.2, 0) is 0 Å². The molecule has 2 aromatic rings. The number of ether oxygens (including phenoxy) is 1. The molecule has 0 aromatic carbocycles. The van der Waals surface area contributed by atoms with Crippen LogP contribution in [0.4, 0.5) is 13.2 Å². The molecule has 0 saturated heterocycles. The van der Waals surface area contributed by atoms with E-state index in [0.29, 0.717) is 11.1 Å². The minimum Gasteiger partial charge on any atom is -0.468 e. The van der Waals surface area contributed by atoms with Crippen molar-refractivity contribution in [1.82, 2.24) is 15.3 Å². The predicted octanol–water partition coefficient (Wildman–Crippen LogP) is 3.96. The van der Waals surface area contributed by atoms with Gasteiger partial charge in [-0.3, -0.25) is 9.78 Å². The highest BCUT2D eigenvalue weighted by Gasteiger charge is 2.28. The van der Waals surface area contributed by atoms with E-state index < -0.39 is 12.8 Å². The van der Waals surface area contributed by atoms with E-state index in [-0.39, 0.29) is 23.4 Å². The number of hydrogen-bond donors (Lipinski definition) is 2. The second-order valence-corrected chi connectivity index (χ2v) is 7.58. The molecule has 2 aromatic heterocycles.